The molecule has 4 fully saturated rings. The molecular weight excluding hydrogens is 376 g/mol. The summed E-state index contributed by atoms with van der Waals surface area (Å²) in [6.45, 7) is 7.46. The monoisotopic (exact) mass is 410 g/mol. The minimum absolute atomic E-state index is 0.0402. The van der Waals surface area contributed by atoms with Gasteiger partial charge in [-0.2, -0.15) is 11.8 Å². The van der Waals surface area contributed by atoms with E-state index < -0.39 is 0 Å². The Kier molecular flexibility index (Phi) is 6.68. The van der Waals surface area contributed by atoms with Crippen LogP contribution < -0.4 is 5.32 Å². The van der Waals surface area contributed by atoms with Crippen molar-refractivity contribution < 1.29 is 14.3 Å². The van der Waals surface area contributed by atoms with E-state index in [-0.39, 0.29) is 23.4 Å². The molecule has 4 saturated heterocycles. The highest BCUT2D eigenvalue weighted by atomic mass is 32.2. The maximum Gasteiger partial charge on any atom is 0.319 e. The van der Waals surface area contributed by atoms with Gasteiger partial charge in [-0.1, -0.05) is 0 Å². The molecule has 0 bridgehead atoms. The molecule has 1 atom stereocenters. The molecule has 4 aliphatic heterocycles. The molecule has 1 unspecified atom stereocenters. The number of carbonyl (C=O) groups is 2. The molecule has 158 valence electrons. The molecule has 0 aromatic heterocycles. The van der Waals surface area contributed by atoms with Crippen LogP contribution in [0.3, 0.4) is 0 Å². The number of hydrogen-bond donors (Lipinski definition) is 1. The zero-order valence-electron chi connectivity index (χ0n) is 16.9. The number of thioether (sulfide) groups is 1. The minimum atomic E-state index is 0.0402. The first-order valence-corrected chi connectivity index (χ1v) is 12.1. The van der Waals surface area contributed by atoms with E-state index in [1.165, 1.54) is 5.75 Å². The van der Waals surface area contributed by atoms with E-state index in [0.29, 0.717) is 13.1 Å². The summed E-state index contributed by atoms with van der Waals surface area (Å²) in [5.74, 6) is 2.48. The lowest BCUT2D eigenvalue weighted by atomic mass is 9.93. The van der Waals surface area contributed by atoms with Crippen LogP contribution in [0.1, 0.15) is 32.1 Å². The van der Waals surface area contributed by atoms with E-state index in [1.54, 1.807) is 0 Å². The van der Waals surface area contributed by atoms with Crippen molar-refractivity contribution in [1.82, 2.24) is 20.0 Å². The minimum Gasteiger partial charge on any atom is -0.379 e. The van der Waals surface area contributed by atoms with Gasteiger partial charge in [-0.3, -0.25) is 9.69 Å². The van der Waals surface area contributed by atoms with E-state index >= 15 is 0 Å². The molecule has 0 aromatic rings. The van der Waals surface area contributed by atoms with Gasteiger partial charge in [-0.15, -0.1) is 0 Å². The normalized spacial score (nSPS) is 30.0. The van der Waals surface area contributed by atoms with Gasteiger partial charge in [0.1, 0.15) is 0 Å². The fourth-order valence-electron chi connectivity index (χ4n) is 4.97. The number of carbonyl (C=O) groups excluding carboxylic acids is 2. The lowest BCUT2D eigenvalue weighted by Crippen LogP contribution is -2.59. The summed E-state index contributed by atoms with van der Waals surface area (Å²) in [5, 5.41) is 3.28. The van der Waals surface area contributed by atoms with Crippen LogP contribution in [0.2, 0.25) is 0 Å². The summed E-state index contributed by atoms with van der Waals surface area (Å²) in [5.41, 5.74) is 0.0938. The highest BCUT2D eigenvalue weighted by Gasteiger charge is 2.41. The third-order valence-electron chi connectivity index (χ3n) is 6.87. The lowest BCUT2D eigenvalue weighted by molar-refractivity contribution is -0.127. The van der Waals surface area contributed by atoms with E-state index in [0.717, 1.165) is 83.8 Å². The number of amides is 3. The molecule has 3 amide bonds. The number of nitrogens with zero attached hydrogens (tertiary/aromatic N) is 3. The van der Waals surface area contributed by atoms with Crippen LogP contribution in [0.25, 0.3) is 0 Å². The van der Waals surface area contributed by atoms with Gasteiger partial charge in [-0.05, 0) is 37.9 Å². The summed E-state index contributed by atoms with van der Waals surface area (Å²) in [7, 11) is 0. The van der Waals surface area contributed by atoms with Crippen LogP contribution >= 0.6 is 11.8 Å². The van der Waals surface area contributed by atoms with Crippen LogP contribution in [-0.4, -0.2) is 103 Å². The van der Waals surface area contributed by atoms with Crippen molar-refractivity contribution in [2.45, 2.75) is 37.6 Å². The average Bonchev–Trinajstić information content (AvgIpc) is 3.45. The number of hydrogen-bond acceptors (Lipinski definition) is 5. The van der Waals surface area contributed by atoms with E-state index in [1.807, 2.05) is 21.6 Å². The van der Waals surface area contributed by atoms with Gasteiger partial charge >= 0.3 is 6.03 Å². The van der Waals surface area contributed by atoms with Crippen LogP contribution in [0, 0.1) is 5.92 Å². The van der Waals surface area contributed by atoms with Crippen molar-refractivity contribution in [3.05, 3.63) is 0 Å². The van der Waals surface area contributed by atoms with Gasteiger partial charge in [-0.25, -0.2) is 4.79 Å². The third-order valence-corrected chi connectivity index (χ3v) is 8.10. The Morgan fingerprint density at radius 1 is 1.00 bits per heavy atom. The van der Waals surface area contributed by atoms with Crippen LogP contribution in [0.15, 0.2) is 0 Å². The summed E-state index contributed by atoms with van der Waals surface area (Å²) >= 11 is 1.99. The summed E-state index contributed by atoms with van der Waals surface area (Å²) in [4.78, 5) is 31.8. The van der Waals surface area contributed by atoms with E-state index in [2.05, 4.69) is 10.2 Å². The van der Waals surface area contributed by atoms with Gasteiger partial charge < -0.3 is 19.9 Å². The Hall–Kier alpha value is -0.990. The van der Waals surface area contributed by atoms with Gasteiger partial charge in [0, 0.05) is 63.0 Å². The fourth-order valence-corrected chi connectivity index (χ4v) is 6.45. The number of nitrogens with one attached hydrogen (secondary N) is 1. The summed E-state index contributed by atoms with van der Waals surface area (Å²) < 4.78 is 5.52. The standard InChI is InChI=1S/C20H34N4O3S/c25-18(17-3-8-23(9-4-17)19(26)22-6-1-2-7-22)21-15-20(5-14-28-16-20)24-10-12-27-13-11-24/h17H,1-16H2,(H,21,25). The van der Waals surface area contributed by atoms with Crippen molar-refractivity contribution in [1.29, 1.82) is 0 Å². The van der Waals surface area contributed by atoms with Crippen LogP contribution in [0.5, 0.6) is 0 Å². The molecule has 28 heavy (non-hydrogen) atoms. The van der Waals surface area contributed by atoms with Crippen LogP contribution in [0.4, 0.5) is 4.79 Å². The van der Waals surface area contributed by atoms with Crippen molar-refractivity contribution in [2.24, 2.45) is 5.92 Å². The Labute approximate surface area is 172 Å². The van der Waals surface area contributed by atoms with E-state index in [9.17, 15) is 9.59 Å². The zero-order valence-corrected chi connectivity index (χ0v) is 17.7. The molecule has 8 heteroatoms. The molecule has 0 aromatic carbocycles. The second kappa shape index (κ2) is 9.22. The fraction of sp³-hybridized carbons (Fsp3) is 0.900. The molecular formula is C20H34N4O3S. The second-order valence-corrected chi connectivity index (χ2v) is 9.69. The number of rotatable bonds is 4. The lowest BCUT2D eigenvalue weighted by Gasteiger charge is -2.43. The first-order valence-electron chi connectivity index (χ1n) is 10.9. The van der Waals surface area contributed by atoms with Crippen molar-refractivity contribution in [2.75, 3.05) is 70.5 Å². The topological polar surface area (TPSA) is 65.1 Å². The van der Waals surface area contributed by atoms with Gasteiger partial charge in [0.05, 0.1) is 13.2 Å². The summed E-state index contributed by atoms with van der Waals surface area (Å²) in [6, 6.07) is 0.172. The first kappa shape index (κ1) is 20.3. The number of ether oxygens (including phenoxy) is 1. The molecule has 0 spiro atoms. The van der Waals surface area contributed by atoms with Crippen molar-refractivity contribution >= 4 is 23.7 Å². The van der Waals surface area contributed by atoms with Gasteiger partial charge in [0.2, 0.25) is 5.91 Å². The molecule has 4 heterocycles. The largest absolute Gasteiger partial charge is 0.379 e. The average molecular weight is 411 g/mol. The highest BCUT2D eigenvalue weighted by Crippen LogP contribution is 2.34. The first-order chi connectivity index (χ1) is 13.7. The van der Waals surface area contributed by atoms with Gasteiger partial charge in [0.25, 0.3) is 0 Å². The molecule has 0 aliphatic carbocycles. The Morgan fingerprint density at radius 3 is 2.32 bits per heavy atom. The van der Waals surface area contributed by atoms with E-state index in [4.69, 9.17) is 4.74 Å². The third kappa shape index (κ3) is 4.44. The predicted octanol–water partition coefficient (Wildman–Crippen LogP) is 1.24. The number of piperidine rings is 1. The second-order valence-electron chi connectivity index (χ2n) is 8.58. The Bertz CT molecular complexity index is 550. The maximum atomic E-state index is 12.8. The number of urea groups is 1. The SMILES string of the molecule is O=C(NCC1(N2CCOCC2)CCSC1)C1CCN(C(=O)N2CCCC2)CC1. The highest BCUT2D eigenvalue weighted by molar-refractivity contribution is 7.99. The Morgan fingerprint density at radius 2 is 1.68 bits per heavy atom. The summed E-state index contributed by atoms with van der Waals surface area (Å²) in [6.07, 6.45) is 4.94. The maximum absolute atomic E-state index is 12.8. The molecule has 7 nitrogen and oxygen atoms in total. The van der Waals surface area contributed by atoms with Crippen molar-refractivity contribution in [3.8, 4) is 0 Å². The van der Waals surface area contributed by atoms with Gasteiger partial charge in [0.15, 0.2) is 0 Å². The molecule has 4 aliphatic rings. The predicted molar refractivity (Wildman–Crippen MR) is 111 cm³/mol. The molecule has 4 rings (SSSR count). The molecule has 1 N–H and O–H groups in total. The number of likely N-dealkylation sites (tertiary alicyclic amines) is 2. The quantitative estimate of drug-likeness (QED) is 0.755. The smallest absolute Gasteiger partial charge is 0.319 e. The van der Waals surface area contributed by atoms with Crippen LogP contribution in [-0.2, 0) is 9.53 Å². The number of morpholine rings is 1. The molecule has 0 saturated carbocycles. The molecule has 0 radical (unpaired) electrons. The Balaban J connectivity index is 1.25. The van der Waals surface area contributed by atoms with Crippen molar-refractivity contribution in [3.63, 3.8) is 0 Å². The zero-order chi connectivity index (χ0) is 19.4.